The molecule has 0 aliphatic rings. The molecule has 1 N–H and O–H groups in total. The van der Waals surface area contributed by atoms with Gasteiger partial charge in [0.1, 0.15) is 5.82 Å². The monoisotopic (exact) mass is 418 g/mol. The van der Waals surface area contributed by atoms with Gasteiger partial charge in [-0.25, -0.2) is 4.68 Å². The van der Waals surface area contributed by atoms with Crippen LogP contribution in [-0.2, 0) is 15.0 Å². The molecule has 158 valence electrons. The first kappa shape index (κ1) is 22.9. The van der Waals surface area contributed by atoms with Crippen LogP contribution >= 0.6 is 11.6 Å². The third kappa shape index (κ3) is 5.60. The number of carbonyl (C=O) groups is 2. The molecule has 1 aromatic heterocycles. The first-order chi connectivity index (χ1) is 13.5. The number of rotatable bonds is 7. The van der Waals surface area contributed by atoms with Crippen LogP contribution in [0.2, 0.25) is 0 Å². The first-order valence-corrected chi connectivity index (χ1v) is 10.3. The zero-order valence-corrected chi connectivity index (χ0v) is 18.9. The van der Waals surface area contributed by atoms with Crippen LogP contribution in [-0.4, -0.2) is 45.5 Å². The molecule has 0 atom stereocenters. The van der Waals surface area contributed by atoms with Gasteiger partial charge in [-0.2, -0.15) is 5.10 Å². The zero-order chi connectivity index (χ0) is 21.8. The molecule has 29 heavy (non-hydrogen) atoms. The predicted molar refractivity (Wildman–Crippen MR) is 118 cm³/mol. The van der Waals surface area contributed by atoms with Gasteiger partial charge < -0.3 is 10.2 Å². The maximum atomic E-state index is 12.8. The lowest BCUT2D eigenvalue weighted by atomic mass is 9.92. The Kier molecular flexibility index (Phi) is 7.11. The van der Waals surface area contributed by atoms with Crippen LogP contribution in [0.1, 0.15) is 47.2 Å². The number of likely N-dealkylation sites (N-methyl/N-ethyl adjacent to an activating group) is 1. The van der Waals surface area contributed by atoms with Crippen molar-refractivity contribution in [2.75, 3.05) is 24.3 Å². The van der Waals surface area contributed by atoms with Gasteiger partial charge in [-0.15, -0.1) is 11.6 Å². The van der Waals surface area contributed by atoms with Gasteiger partial charge in [0.2, 0.25) is 11.8 Å². The predicted octanol–water partition coefficient (Wildman–Crippen LogP) is 4.22. The SMILES string of the molecule is CCN(CC(=O)Nc1cc(C(C)(C)C)nn1-c1ccccc1)C(=O)C(C)(C)CCl. The molecule has 2 aromatic rings. The summed E-state index contributed by atoms with van der Waals surface area (Å²) in [4.78, 5) is 27.0. The van der Waals surface area contributed by atoms with Gasteiger partial charge in [0, 0.05) is 23.9 Å². The second-order valence-electron chi connectivity index (χ2n) is 8.80. The van der Waals surface area contributed by atoms with Crippen molar-refractivity contribution in [3.05, 3.63) is 42.1 Å². The summed E-state index contributed by atoms with van der Waals surface area (Å²) in [7, 11) is 0. The number of nitrogens with zero attached hydrogens (tertiary/aromatic N) is 3. The Morgan fingerprint density at radius 3 is 2.28 bits per heavy atom. The van der Waals surface area contributed by atoms with Crippen molar-refractivity contribution in [3.8, 4) is 5.69 Å². The highest BCUT2D eigenvalue weighted by atomic mass is 35.5. The average Bonchev–Trinajstić information content (AvgIpc) is 3.10. The second kappa shape index (κ2) is 8.99. The number of alkyl halides is 1. The third-order valence-electron chi connectivity index (χ3n) is 4.66. The van der Waals surface area contributed by atoms with Crippen LogP contribution in [0, 0.1) is 5.41 Å². The largest absolute Gasteiger partial charge is 0.333 e. The number of hydrogen-bond acceptors (Lipinski definition) is 3. The van der Waals surface area contributed by atoms with Crippen LogP contribution in [0.15, 0.2) is 36.4 Å². The van der Waals surface area contributed by atoms with Gasteiger partial charge in [0.05, 0.1) is 23.3 Å². The Bertz CT molecular complexity index is 853. The van der Waals surface area contributed by atoms with Gasteiger partial charge in [-0.1, -0.05) is 39.0 Å². The fourth-order valence-electron chi connectivity index (χ4n) is 2.77. The summed E-state index contributed by atoms with van der Waals surface area (Å²) in [5, 5.41) is 7.62. The minimum Gasteiger partial charge on any atom is -0.333 e. The highest BCUT2D eigenvalue weighted by Gasteiger charge is 2.31. The normalized spacial score (nSPS) is 12.0. The molecule has 0 unspecified atom stereocenters. The van der Waals surface area contributed by atoms with E-state index in [1.54, 1.807) is 18.5 Å². The number of benzene rings is 1. The van der Waals surface area contributed by atoms with Gasteiger partial charge >= 0.3 is 0 Å². The summed E-state index contributed by atoms with van der Waals surface area (Å²) in [5.74, 6) is 0.353. The average molecular weight is 419 g/mol. The van der Waals surface area contributed by atoms with Crippen molar-refractivity contribution in [2.24, 2.45) is 5.41 Å². The summed E-state index contributed by atoms with van der Waals surface area (Å²) in [5.41, 5.74) is 0.826. The van der Waals surface area contributed by atoms with E-state index in [1.807, 2.05) is 43.3 Å². The summed E-state index contributed by atoms with van der Waals surface area (Å²) < 4.78 is 1.72. The van der Waals surface area contributed by atoms with Crippen molar-refractivity contribution in [2.45, 2.75) is 47.0 Å². The molecule has 7 heteroatoms. The number of aromatic nitrogens is 2. The molecule has 6 nitrogen and oxygen atoms in total. The number of carbonyl (C=O) groups excluding carboxylic acids is 2. The Labute approximate surface area is 178 Å². The highest BCUT2D eigenvalue weighted by molar-refractivity contribution is 6.19. The summed E-state index contributed by atoms with van der Waals surface area (Å²) in [6.45, 7) is 12.0. The Balaban J connectivity index is 2.27. The zero-order valence-electron chi connectivity index (χ0n) is 18.1. The highest BCUT2D eigenvalue weighted by Crippen LogP contribution is 2.26. The Hall–Kier alpha value is -2.34. The standard InChI is InChI=1S/C22H31ClN4O2/c1-7-26(20(29)22(5,6)15-23)14-19(28)24-18-13-17(21(2,3)4)25-27(18)16-11-9-8-10-12-16/h8-13H,7,14-15H2,1-6H3,(H,24,28). The minimum absolute atomic E-state index is 0.0412. The van der Waals surface area contributed by atoms with Crippen LogP contribution < -0.4 is 5.32 Å². The summed E-state index contributed by atoms with van der Waals surface area (Å²) >= 11 is 5.93. The lowest BCUT2D eigenvalue weighted by Gasteiger charge is -2.29. The Morgan fingerprint density at radius 2 is 1.76 bits per heavy atom. The quantitative estimate of drug-likeness (QED) is 0.684. The fraction of sp³-hybridized carbons (Fsp3) is 0.500. The van der Waals surface area contributed by atoms with E-state index < -0.39 is 5.41 Å². The van der Waals surface area contributed by atoms with Crippen molar-refractivity contribution in [3.63, 3.8) is 0 Å². The van der Waals surface area contributed by atoms with E-state index in [9.17, 15) is 9.59 Å². The van der Waals surface area contributed by atoms with E-state index in [4.69, 9.17) is 16.7 Å². The number of anilines is 1. The maximum Gasteiger partial charge on any atom is 0.245 e. The Morgan fingerprint density at radius 1 is 1.14 bits per heavy atom. The third-order valence-corrected chi connectivity index (χ3v) is 5.33. The van der Waals surface area contributed by atoms with E-state index in [0.717, 1.165) is 11.4 Å². The number of halogens is 1. The van der Waals surface area contributed by atoms with Gasteiger partial charge in [0.25, 0.3) is 0 Å². The summed E-state index contributed by atoms with van der Waals surface area (Å²) in [6, 6.07) is 11.5. The molecular formula is C22H31ClN4O2. The molecule has 0 aliphatic heterocycles. The molecule has 1 aromatic carbocycles. The molecule has 0 saturated carbocycles. The molecule has 2 rings (SSSR count). The van der Waals surface area contributed by atoms with Crippen molar-refractivity contribution >= 4 is 29.2 Å². The fourth-order valence-corrected chi connectivity index (χ4v) is 2.89. The van der Waals surface area contributed by atoms with E-state index in [-0.39, 0.29) is 29.7 Å². The topological polar surface area (TPSA) is 67.2 Å². The van der Waals surface area contributed by atoms with E-state index in [0.29, 0.717) is 12.4 Å². The first-order valence-electron chi connectivity index (χ1n) is 9.80. The van der Waals surface area contributed by atoms with Crippen molar-refractivity contribution < 1.29 is 9.59 Å². The second-order valence-corrected chi connectivity index (χ2v) is 9.06. The molecule has 0 aliphatic carbocycles. The molecular weight excluding hydrogens is 388 g/mol. The molecule has 0 radical (unpaired) electrons. The molecule has 1 heterocycles. The number of para-hydroxylation sites is 1. The minimum atomic E-state index is -0.719. The van der Waals surface area contributed by atoms with Crippen molar-refractivity contribution in [1.82, 2.24) is 14.7 Å². The van der Waals surface area contributed by atoms with Crippen LogP contribution in [0.3, 0.4) is 0 Å². The smallest absolute Gasteiger partial charge is 0.245 e. The summed E-state index contributed by atoms with van der Waals surface area (Å²) in [6.07, 6.45) is 0. The van der Waals surface area contributed by atoms with Crippen molar-refractivity contribution in [1.29, 1.82) is 0 Å². The molecule has 0 fully saturated rings. The molecule has 0 saturated heterocycles. The number of nitrogens with one attached hydrogen (secondary N) is 1. The lowest BCUT2D eigenvalue weighted by Crippen LogP contribution is -2.45. The number of amides is 2. The van der Waals surface area contributed by atoms with Gasteiger partial charge in [-0.3, -0.25) is 9.59 Å². The number of hydrogen-bond donors (Lipinski definition) is 1. The lowest BCUT2D eigenvalue weighted by molar-refractivity contribution is -0.141. The van der Waals surface area contributed by atoms with Crippen LogP contribution in [0.5, 0.6) is 0 Å². The maximum absolute atomic E-state index is 12.8. The van der Waals surface area contributed by atoms with Gasteiger partial charge in [-0.05, 0) is 32.9 Å². The van der Waals surface area contributed by atoms with Crippen LogP contribution in [0.4, 0.5) is 5.82 Å². The molecule has 0 spiro atoms. The van der Waals surface area contributed by atoms with Crippen LogP contribution in [0.25, 0.3) is 5.69 Å². The van der Waals surface area contributed by atoms with E-state index >= 15 is 0 Å². The molecule has 0 bridgehead atoms. The molecule has 2 amide bonds. The van der Waals surface area contributed by atoms with Gasteiger partial charge in [0.15, 0.2) is 0 Å². The van der Waals surface area contributed by atoms with E-state index in [1.165, 1.54) is 4.90 Å². The van der Waals surface area contributed by atoms with E-state index in [2.05, 4.69) is 26.1 Å².